The third-order valence-corrected chi connectivity index (χ3v) is 3.69. The number of hydrogen-bond donors (Lipinski definition) is 1. The summed E-state index contributed by atoms with van der Waals surface area (Å²) in [6, 6.07) is 12.5. The Balaban J connectivity index is 1.72. The van der Waals surface area contributed by atoms with Gasteiger partial charge in [0, 0.05) is 12.4 Å². The Labute approximate surface area is 144 Å². The van der Waals surface area contributed by atoms with E-state index in [-0.39, 0.29) is 11.8 Å². The second kappa shape index (κ2) is 7.96. The van der Waals surface area contributed by atoms with Crippen molar-refractivity contribution in [2.75, 3.05) is 0 Å². The van der Waals surface area contributed by atoms with Crippen molar-refractivity contribution in [3.05, 3.63) is 66.3 Å². The van der Waals surface area contributed by atoms with Crippen LogP contribution in [-0.2, 0) is 11.2 Å². The summed E-state index contributed by atoms with van der Waals surface area (Å²) in [5, 5.41) is 10.2. The monoisotopic (exact) mass is 336 g/mol. The van der Waals surface area contributed by atoms with Crippen molar-refractivity contribution in [2.45, 2.75) is 18.9 Å². The van der Waals surface area contributed by atoms with Crippen LogP contribution < -0.4 is 5.32 Å². The summed E-state index contributed by atoms with van der Waals surface area (Å²) in [5.74, 6) is -0.332. The first-order chi connectivity index (χ1) is 12.3. The smallest absolute Gasteiger partial charge is 0.286 e. The van der Waals surface area contributed by atoms with Crippen LogP contribution in [0.25, 0.3) is 11.5 Å². The van der Waals surface area contributed by atoms with Crippen LogP contribution in [0.3, 0.4) is 0 Å². The Hall–Kier alpha value is -3.35. The zero-order valence-electron chi connectivity index (χ0n) is 13.3. The Morgan fingerprint density at radius 1 is 1.16 bits per heavy atom. The zero-order valence-corrected chi connectivity index (χ0v) is 13.3. The SMILES string of the molecule is O=CNC(CCc1ccccc1)C(=O)c1nnc(-c2cccnc2)o1. The lowest BCUT2D eigenvalue weighted by Gasteiger charge is -2.12. The molecule has 2 aromatic heterocycles. The van der Waals surface area contributed by atoms with Crippen LogP contribution in [0.4, 0.5) is 0 Å². The number of rotatable bonds is 8. The van der Waals surface area contributed by atoms with Gasteiger partial charge in [0.2, 0.25) is 18.1 Å². The largest absolute Gasteiger partial charge is 0.413 e. The molecule has 1 aromatic carbocycles. The van der Waals surface area contributed by atoms with Crippen LogP contribution >= 0.6 is 0 Å². The lowest BCUT2D eigenvalue weighted by molar-refractivity contribution is -0.110. The topological polar surface area (TPSA) is 98.0 Å². The molecule has 0 radical (unpaired) electrons. The van der Waals surface area contributed by atoms with Crippen LogP contribution in [0.5, 0.6) is 0 Å². The number of aryl methyl sites for hydroxylation is 1. The number of ketones is 1. The van der Waals surface area contributed by atoms with Crippen molar-refractivity contribution in [1.82, 2.24) is 20.5 Å². The number of amides is 1. The lowest BCUT2D eigenvalue weighted by atomic mass is 10.0. The summed E-state index contributed by atoms with van der Waals surface area (Å²) in [6.07, 6.45) is 4.78. The highest BCUT2D eigenvalue weighted by atomic mass is 16.4. The van der Waals surface area contributed by atoms with Crippen molar-refractivity contribution in [1.29, 1.82) is 0 Å². The Morgan fingerprint density at radius 2 is 2.00 bits per heavy atom. The molecule has 1 amide bonds. The van der Waals surface area contributed by atoms with Crippen LogP contribution in [0.1, 0.15) is 22.7 Å². The number of carbonyl (C=O) groups is 2. The summed E-state index contributed by atoms with van der Waals surface area (Å²) in [7, 11) is 0. The van der Waals surface area contributed by atoms with Gasteiger partial charge in [0.15, 0.2) is 0 Å². The molecule has 3 rings (SSSR count). The van der Waals surface area contributed by atoms with Gasteiger partial charge in [-0.3, -0.25) is 14.6 Å². The second-order valence-corrected chi connectivity index (χ2v) is 5.38. The quantitative estimate of drug-likeness (QED) is 0.499. The fourth-order valence-electron chi connectivity index (χ4n) is 2.41. The maximum Gasteiger partial charge on any atom is 0.286 e. The summed E-state index contributed by atoms with van der Waals surface area (Å²) in [4.78, 5) is 27.4. The highest BCUT2D eigenvalue weighted by Gasteiger charge is 2.25. The number of nitrogens with one attached hydrogen (secondary N) is 1. The van der Waals surface area contributed by atoms with Gasteiger partial charge >= 0.3 is 0 Å². The molecule has 0 bridgehead atoms. The van der Waals surface area contributed by atoms with Crippen molar-refractivity contribution in [3.8, 4) is 11.5 Å². The molecule has 0 spiro atoms. The highest BCUT2D eigenvalue weighted by Crippen LogP contribution is 2.17. The standard InChI is InChI=1S/C18H16N4O3/c23-12-20-15(9-8-13-5-2-1-3-6-13)16(24)18-22-21-17(25-18)14-7-4-10-19-11-14/h1-7,10-12,15H,8-9H2,(H,20,23). The number of Topliss-reactive ketones (excluding diaryl/α,β-unsaturated/α-hetero) is 1. The fourth-order valence-corrected chi connectivity index (χ4v) is 2.41. The molecule has 25 heavy (non-hydrogen) atoms. The Bertz CT molecular complexity index is 834. The van der Waals surface area contributed by atoms with Crippen molar-refractivity contribution < 1.29 is 14.0 Å². The number of pyridine rings is 1. The van der Waals surface area contributed by atoms with Crippen molar-refractivity contribution in [3.63, 3.8) is 0 Å². The molecule has 0 fully saturated rings. The average molecular weight is 336 g/mol. The number of nitrogens with zero attached hydrogens (tertiary/aromatic N) is 3. The second-order valence-electron chi connectivity index (χ2n) is 5.38. The first-order valence-corrected chi connectivity index (χ1v) is 7.79. The first-order valence-electron chi connectivity index (χ1n) is 7.79. The average Bonchev–Trinajstić information content (AvgIpc) is 3.16. The first kappa shape index (κ1) is 16.5. The van der Waals surface area contributed by atoms with Gasteiger partial charge in [-0.1, -0.05) is 30.3 Å². The van der Waals surface area contributed by atoms with E-state index in [0.717, 1.165) is 5.56 Å². The van der Waals surface area contributed by atoms with E-state index in [2.05, 4.69) is 20.5 Å². The van der Waals surface area contributed by atoms with Crippen LogP contribution in [0.2, 0.25) is 0 Å². The molecule has 7 heteroatoms. The van der Waals surface area contributed by atoms with E-state index in [1.807, 2.05) is 30.3 Å². The predicted molar refractivity (Wildman–Crippen MR) is 89.6 cm³/mol. The molecule has 1 N–H and O–H groups in total. The van der Waals surface area contributed by atoms with Gasteiger partial charge in [-0.05, 0) is 30.5 Å². The van der Waals surface area contributed by atoms with Crippen molar-refractivity contribution >= 4 is 12.2 Å². The third kappa shape index (κ3) is 4.14. The van der Waals surface area contributed by atoms with Gasteiger partial charge in [-0.15, -0.1) is 10.2 Å². The van der Waals surface area contributed by atoms with Gasteiger partial charge in [-0.2, -0.15) is 0 Å². The Kier molecular flexibility index (Phi) is 5.26. The minimum atomic E-state index is -0.722. The lowest BCUT2D eigenvalue weighted by Crippen LogP contribution is -2.36. The number of carbonyl (C=O) groups excluding carboxylic acids is 2. The number of benzene rings is 1. The molecule has 3 aromatic rings. The maximum absolute atomic E-state index is 12.6. The van der Waals surface area contributed by atoms with E-state index in [0.29, 0.717) is 24.8 Å². The number of aromatic nitrogens is 3. The Morgan fingerprint density at radius 3 is 2.72 bits per heavy atom. The van der Waals surface area contributed by atoms with E-state index in [4.69, 9.17) is 4.42 Å². The molecule has 0 aliphatic rings. The molecule has 126 valence electrons. The van der Waals surface area contributed by atoms with Crippen LogP contribution in [0, 0.1) is 0 Å². The molecular weight excluding hydrogens is 320 g/mol. The van der Waals surface area contributed by atoms with Gasteiger partial charge in [0.05, 0.1) is 11.6 Å². The van der Waals surface area contributed by atoms with Crippen LogP contribution in [0.15, 0.2) is 59.3 Å². The maximum atomic E-state index is 12.6. The number of hydrogen-bond acceptors (Lipinski definition) is 6. The molecule has 0 saturated heterocycles. The predicted octanol–water partition coefficient (Wildman–Crippen LogP) is 2.06. The van der Waals surface area contributed by atoms with E-state index in [9.17, 15) is 9.59 Å². The fraction of sp³-hybridized carbons (Fsp3) is 0.167. The van der Waals surface area contributed by atoms with Gasteiger partial charge < -0.3 is 9.73 Å². The summed E-state index contributed by atoms with van der Waals surface area (Å²) < 4.78 is 5.44. The molecule has 1 unspecified atom stereocenters. The summed E-state index contributed by atoms with van der Waals surface area (Å²) >= 11 is 0. The molecule has 0 aliphatic heterocycles. The van der Waals surface area contributed by atoms with Gasteiger partial charge in [-0.25, -0.2) is 0 Å². The zero-order chi connectivity index (χ0) is 17.5. The van der Waals surface area contributed by atoms with E-state index >= 15 is 0 Å². The van der Waals surface area contributed by atoms with E-state index < -0.39 is 11.8 Å². The van der Waals surface area contributed by atoms with Gasteiger partial charge in [0.25, 0.3) is 5.89 Å². The molecule has 1 atom stereocenters. The summed E-state index contributed by atoms with van der Waals surface area (Å²) in [5.41, 5.74) is 1.70. The third-order valence-electron chi connectivity index (χ3n) is 3.69. The van der Waals surface area contributed by atoms with Crippen LogP contribution in [-0.4, -0.2) is 33.4 Å². The van der Waals surface area contributed by atoms with Crippen molar-refractivity contribution in [2.24, 2.45) is 0 Å². The molecule has 0 aliphatic carbocycles. The molecule has 2 heterocycles. The molecule has 7 nitrogen and oxygen atoms in total. The minimum absolute atomic E-state index is 0.133. The highest BCUT2D eigenvalue weighted by molar-refractivity contribution is 5.97. The minimum Gasteiger partial charge on any atom is -0.413 e. The van der Waals surface area contributed by atoms with Gasteiger partial charge in [0.1, 0.15) is 0 Å². The molecule has 0 saturated carbocycles. The van der Waals surface area contributed by atoms with E-state index in [1.54, 1.807) is 24.5 Å². The summed E-state index contributed by atoms with van der Waals surface area (Å²) in [6.45, 7) is 0. The van der Waals surface area contributed by atoms with E-state index in [1.165, 1.54) is 0 Å². The molecular formula is C18H16N4O3. The normalized spacial score (nSPS) is 11.7.